The number of methoxy groups -OCH3 is 1. The third-order valence-corrected chi connectivity index (χ3v) is 6.02. The van der Waals surface area contributed by atoms with Crippen LogP contribution in [0.15, 0.2) is 28.7 Å². The Hall–Kier alpha value is -2.38. The first-order valence-electron chi connectivity index (χ1n) is 9.94. The number of nitrogens with two attached hydrogens (primary N) is 1. The van der Waals surface area contributed by atoms with Crippen molar-refractivity contribution in [2.24, 2.45) is 5.73 Å². The SMILES string of the molecule is COCc1c(C(=O)N2CCC(N3CCCC3C(N)=O)CC2)oc2ccccc12. The number of benzene rings is 1. The highest BCUT2D eigenvalue weighted by Crippen LogP contribution is 2.30. The number of carbonyl (C=O) groups is 2. The van der Waals surface area contributed by atoms with Crippen LogP contribution in [0.2, 0.25) is 0 Å². The summed E-state index contributed by atoms with van der Waals surface area (Å²) in [6.45, 7) is 2.54. The number of amides is 2. The monoisotopic (exact) mass is 385 g/mol. The molecule has 0 radical (unpaired) electrons. The van der Waals surface area contributed by atoms with Gasteiger partial charge in [-0.05, 0) is 38.3 Å². The molecule has 3 heterocycles. The lowest BCUT2D eigenvalue weighted by Gasteiger charge is -2.38. The second-order valence-electron chi connectivity index (χ2n) is 7.66. The van der Waals surface area contributed by atoms with E-state index in [0.29, 0.717) is 37.1 Å². The Morgan fingerprint density at radius 1 is 1.18 bits per heavy atom. The van der Waals surface area contributed by atoms with Crippen LogP contribution in [-0.4, -0.2) is 60.4 Å². The molecule has 7 heteroatoms. The van der Waals surface area contributed by atoms with E-state index < -0.39 is 0 Å². The van der Waals surface area contributed by atoms with Crippen LogP contribution in [0.25, 0.3) is 11.0 Å². The average Bonchev–Trinajstić information content (AvgIpc) is 3.34. The number of carbonyl (C=O) groups excluding carboxylic acids is 2. The molecule has 4 rings (SSSR count). The van der Waals surface area contributed by atoms with Gasteiger partial charge in [0.05, 0.1) is 12.6 Å². The van der Waals surface area contributed by atoms with Gasteiger partial charge in [0.25, 0.3) is 5.91 Å². The Bertz CT molecular complexity index is 870. The summed E-state index contributed by atoms with van der Waals surface area (Å²) in [5, 5.41) is 0.920. The third-order valence-electron chi connectivity index (χ3n) is 6.02. The summed E-state index contributed by atoms with van der Waals surface area (Å²) in [4.78, 5) is 28.9. The van der Waals surface area contributed by atoms with Gasteiger partial charge in [-0.25, -0.2) is 0 Å². The molecule has 2 N–H and O–H groups in total. The number of furan rings is 1. The highest BCUT2D eigenvalue weighted by atomic mass is 16.5. The summed E-state index contributed by atoms with van der Waals surface area (Å²) in [5.41, 5.74) is 7.07. The molecule has 1 atom stereocenters. The minimum absolute atomic E-state index is 0.0884. The van der Waals surface area contributed by atoms with Crippen molar-refractivity contribution in [3.8, 4) is 0 Å². The number of primary amides is 1. The molecule has 0 spiro atoms. The minimum atomic E-state index is -0.234. The average molecular weight is 385 g/mol. The molecule has 7 nitrogen and oxygen atoms in total. The standard InChI is InChI=1S/C21H27N3O4/c1-27-13-16-15-5-2-3-7-18(15)28-19(16)21(26)23-11-8-14(9-12-23)24-10-4-6-17(24)20(22)25/h2-3,5,7,14,17H,4,6,8-13H2,1H3,(H2,22,25). The Balaban J connectivity index is 1.48. The van der Waals surface area contributed by atoms with Gasteiger partial charge in [-0.2, -0.15) is 0 Å². The fraction of sp³-hybridized carbons (Fsp3) is 0.524. The number of ether oxygens (including phenoxy) is 1. The zero-order chi connectivity index (χ0) is 19.7. The van der Waals surface area contributed by atoms with Crippen molar-refractivity contribution in [1.29, 1.82) is 0 Å². The molecule has 1 aromatic heterocycles. The summed E-state index contributed by atoms with van der Waals surface area (Å²) in [6, 6.07) is 7.80. The largest absolute Gasteiger partial charge is 0.451 e. The first kappa shape index (κ1) is 19.0. The summed E-state index contributed by atoms with van der Waals surface area (Å²) >= 11 is 0. The Kier molecular flexibility index (Phi) is 5.37. The van der Waals surface area contributed by atoms with Crippen molar-refractivity contribution >= 4 is 22.8 Å². The van der Waals surface area contributed by atoms with E-state index in [1.165, 1.54) is 0 Å². The molecule has 0 bridgehead atoms. The predicted octanol–water partition coefficient (Wildman–Crippen LogP) is 2.13. The lowest BCUT2D eigenvalue weighted by atomic mass is 10.0. The van der Waals surface area contributed by atoms with Crippen molar-refractivity contribution in [3.63, 3.8) is 0 Å². The van der Waals surface area contributed by atoms with Gasteiger partial charge in [0, 0.05) is 37.2 Å². The number of hydrogen-bond donors (Lipinski definition) is 1. The van der Waals surface area contributed by atoms with E-state index in [2.05, 4.69) is 4.90 Å². The van der Waals surface area contributed by atoms with Crippen LogP contribution in [0.3, 0.4) is 0 Å². The molecule has 0 aliphatic carbocycles. The Labute approximate surface area is 164 Å². The summed E-state index contributed by atoms with van der Waals surface area (Å²) in [6.07, 6.45) is 3.53. The molecule has 1 unspecified atom stereocenters. The molecule has 2 aliphatic heterocycles. The fourth-order valence-electron chi connectivity index (χ4n) is 4.64. The molecule has 0 saturated carbocycles. The van der Waals surface area contributed by atoms with Crippen LogP contribution in [0.5, 0.6) is 0 Å². The zero-order valence-electron chi connectivity index (χ0n) is 16.2. The minimum Gasteiger partial charge on any atom is -0.451 e. The number of rotatable bonds is 5. The second kappa shape index (κ2) is 7.93. The van der Waals surface area contributed by atoms with Crippen LogP contribution in [0.1, 0.15) is 41.8 Å². The van der Waals surface area contributed by atoms with Crippen LogP contribution in [0, 0.1) is 0 Å². The van der Waals surface area contributed by atoms with E-state index in [1.54, 1.807) is 7.11 Å². The molecule has 2 amide bonds. The van der Waals surface area contributed by atoms with Crippen LogP contribution in [0.4, 0.5) is 0 Å². The van der Waals surface area contributed by atoms with Crippen molar-refractivity contribution in [3.05, 3.63) is 35.6 Å². The number of para-hydroxylation sites is 1. The van der Waals surface area contributed by atoms with Crippen LogP contribution < -0.4 is 5.73 Å². The maximum absolute atomic E-state index is 13.2. The normalized spacial score (nSPS) is 21.5. The van der Waals surface area contributed by atoms with Gasteiger partial charge in [0.2, 0.25) is 5.91 Å². The van der Waals surface area contributed by atoms with E-state index in [9.17, 15) is 9.59 Å². The first-order chi connectivity index (χ1) is 13.6. The molecule has 2 aliphatic rings. The molecule has 2 saturated heterocycles. The number of likely N-dealkylation sites (tertiary alicyclic amines) is 2. The van der Waals surface area contributed by atoms with Crippen molar-refractivity contribution in [2.45, 2.75) is 44.4 Å². The van der Waals surface area contributed by atoms with Gasteiger partial charge in [-0.3, -0.25) is 14.5 Å². The molecule has 2 fully saturated rings. The highest BCUT2D eigenvalue weighted by Gasteiger charge is 2.37. The first-order valence-corrected chi connectivity index (χ1v) is 9.94. The van der Waals surface area contributed by atoms with Gasteiger partial charge in [-0.1, -0.05) is 18.2 Å². The molecular weight excluding hydrogens is 358 g/mol. The maximum Gasteiger partial charge on any atom is 0.289 e. The smallest absolute Gasteiger partial charge is 0.289 e. The fourth-order valence-corrected chi connectivity index (χ4v) is 4.64. The number of nitrogens with zero attached hydrogens (tertiary/aromatic N) is 2. The molecule has 2 aromatic rings. The Morgan fingerprint density at radius 2 is 1.93 bits per heavy atom. The lowest BCUT2D eigenvalue weighted by molar-refractivity contribution is -0.123. The summed E-state index contributed by atoms with van der Waals surface area (Å²) in [5.74, 6) is 0.0507. The third kappa shape index (κ3) is 3.40. The lowest BCUT2D eigenvalue weighted by Crippen LogP contribution is -2.51. The number of hydrogen-bond acceptors (Lipinski definition) is 5. The van der Waals surface area contributed by atoms with E-state index in [0.717, 1.165) is 43.2 Å². The molecule has 28 heavy (non-hydrogen) atoms. The van der Waals surface area contributed by atoms with Crippen LogP contribution >= 0.6 is 0 Å². The van der Waals surface area contributed by atoms with Gasteiger partial charge in [-0.15, -0.1) is 0 Å². The highest BCUT2D eigenvalue weighted by molar-refractivity contribution is 5.99. The van der Waals surface area contributed by atoms with Gasteiger partial charge < -0.3 is 19.8 Å². The van der Waals surface area contributed by atoms with E-state index >= 15 is 0 Å². The van der Waals surface area contributed by atoms with Crippen LogP contribution in [-0.2, 0) is 16.1 Å². The predicted molar refractivity (Wildman–Crippen MR) is 105 cm³/mol. The quantitative estimate of drug-likeness (QED) is 0.852. The van der Waals surface area contributed by atoms with Crippen molar-refractivity contribution in [2.75, 3.05) is 26.7 Å². The van der Waals surface area contributed by atoms with Gasteiger partial charge in [0.1, 0.15) is 5.58 Å². The van der Waals surface area contributed by atoms with Gasteiger partial charge >= 0.3 is 0 Å². The van der Waals surface area contributed by atoms with Gasteiger partial charge in [0.15, 0.2) is 5.76 Å². The molecule has 1 aromatic carbocycles. The van der Waals surface area contributed by atoms with E-state index in [4.69, 9.17) is 14.9 Å². The topological polar surface area (TPSA) is 89.0 Å². The zero-order valence-corrected chi connectivity index (χ0v) is 16.2. The van der Waals surface area contributed by atoms with Crippen molar-refractivity contribution < 1.29 is 18.7 Å². The van der Waals surface area contributed by atoms with Crippen molar-refractivity contribution in [1.82, 2.24) is 9.80 Å². The maximum atomic E-state index is 13.2. The Morgan fingerprint density at radius 3 is 2.64 bits per heavy atom. The summed E-state index contributed by atoms with van der Waals surface area (Å²) < 4.78 is 11.2. The van der Waals surface area contributed by atoms with E-state index in [1.807, 2.05) is 29.2 Å². The molecular formula is C21H27N3O4. The summed E-state index contributed by atoms with van der Waals surface area (Å²) in [7, 11) is 1.62. The molecule has 150 valence electrons. The van der Waals surface area contributed by atoms with E-state index in [-0.39, 0.29) is 17.9 Å². The second-order valence-corrected chi connectivity index (χ2v) is 7.66. The number of fused-ring (bicyclic) bond motifs is 1. The number of piperidine rings is 1.